The zero-order chi connectivity index (χ0) is 21.0. The van der Waals surface area contributed by atoms with Gasteiger partial charge in [-0.15, -0.1) is 0 Å². The first kappa shape index (κ1) is 19.3. The monoisotopic (exact) mass is 408 g/mol. The molecule has 5 unspecified atom stereocenters. The zero-order valence-electron chi connectivity index (χ0n) is 17.5. The van der Waals surface area contributed by atoms with E-state index in [0.717, 1.165) is 29.7 Å². The summed E-state index contributed by atoms with van der Waals surface area (Å²) in [5, 5.41) is 18.8. The molecule has 0 spiro atoms. The largest absolute Gasteiger partial charge is 0.349 e. The van der Waals surface area contributed by atoms with E-state index in [1.165, 1.54) is 25.7 Å². The van der Waals surface area contributed by atoms with Crippen LogP contribution in [0.3, 0.4) is 0 Å². The molecule has 0 radical (unpaired) electrons. The van der Waals surface area contributed by atoms with E-state index in [-0.39, 0.29) is 16.5 Å². The van der Waals surface area contributed by atoms with Gasteiger partial charge < -0.3 is 5.32 Å². The second-order valence-corrected chi connectivity index (χ2v) is 9.37. The van der Waals surface area contributed by atoms with Gasteiger partial charge in [0.05, 0.1) is 11.5 Å². The normalized spacial score (nSPS) is 29.2. The number of hydrogen-bond donors (Lipinski definition) is 1. The average Bonchev–Trinajstić information content (AvgIpc) is 3.45. The van der Waals surface area contributed by atoms with Crippen LogP contribution in [0.4, 0.5) is 5.69 Å². The average molecular weight is 409 g/mol. The van der Waals surface area contributed by atoms with Crippen LogP contribution in [-0.4, -0.2) is 26.7 Å². The standard InChI is InChI=1S/C23H28N4O3/c1-13-22(27(29)30)14(2)26(25-13)12-15-6-8-16(9-7-15)23(28)24-21-11-17-10-20(21)19-5-3-4-18(17)19/h6-9,17-21H,3-5,10-12H2,1-2H3,(H,24,28). The van der Waals surface area contributed by atoms with Crippen molar-refractivity contribution >= 4 is 11.6 Å². The maximum Gasteiger partial charge on any atom is 0.312 e. The lowest BCUT2D eigenvalue weighted by Crippen LogP contribution is -2.42. The molecule has 1 N–H and O–H groups in total. The third kappa shape index (κ3) is 3.11. The van der Waals surface area contributed by atoms with Crippen LogP contribution in [0.25, 0.3) is 0 Å². The fourth-order valence-corrected chi connectivity index (χ4v) is 6.53. The van der Waals surface area contributed by atoms with Gasteiger partial charge in [-0.3, -0.25) is 19.6 Å². The summed E-state index contributed by atoms with van der Waals surface area (Å²) in [6.45, 7) is 3.81. The fraction of sp³-hybridized carbons (Fsp3) is 0.565. The number of nitrogens with zero attached hydrogens (tertiary/aromatic N) is 3. The van der Waals surface area contributed by atoms with Gasteiger partial charge in [0.1, 0.15) is 11.4 Å². The highest BCUT2D eigenvalue weighted by molar-refractivity contribution is 5.94. The van der Waals surface area contributed by atoms with Crippen molar-refractivity contribution < 1.29 is 9.72 Å². The van der Waals surface area contributed by atoms with Gasteiger partial charge in [-0.2, -0.15) is 5.10 Å². The van der Waals surface area contributed by atoms with Gasteiger partial charge in [0, 0.05) is 11.6 Å². The Labute approximate surface area is 176 Å². The van der Waals surface area contributed by atoms with Gasteiger partial charge in [-0.1, -0.05) is 18.6 Å². The molecular formula is C23H28N4O3. The minimum absolute atomic E-state index is 0.00963. The first-order valence-electron chi connectivity index (χ1n) is 11.0. The van der Waals surface area contributed by atoms with Gasteiger partial charge in [-0.25, -0.2) is 0 Å². The Morgan fingerprint density at radius 2 is 1.90 bits per heavy atom. The van der Waals surface area contributed by atoms with Gasteiger partial charge >= 0.3 is 5.69 Å². The number of aromatic nitrogens is 2. The van der Waals surface area contributed by atoms with Gasteiger partial charge in [-0.05, 0) is 80.9 Å². The van der Waals surface area contributed by atoms with Crippen LogP contribution in [0, 0.1) is 47.6 Å². The number of rotatable bonds is 5. The molecule has 1 amide bonds. The summed E-state index contributed by atoms with van der Waals surface area (Å²) < 4.78 is 1.65. The van der Waals surface area contributed by atoms with Gasteiger partial charge in [0.15, 0.2) is 0 Å². The highest BCUT2D eigenvalue weighted by atomic mass is 16.6. The summed E-state index contributed by atoms with van der Waals surface area (Å²) >= 11 is 0. The Balaban J connectivity index is 1.24. The van der Waals surface area contributed by atoms with Crippen molar-refractivity contribution in [3.63, 3.8) is 0 Å². The Morgan fingerprint density at radius 1 is 1.17 bits per heavy atom. The molecule has 1 heterocycles. The Kier molecular flexibility index (Phi) is 4.64. The molecule has 0 aliphatic heterocycles. The molecule has 2 bridgehead atoms. The third-order valence-corrected chi connectivity index (χ3v) is 7.82. The van der Waals surface area contributed by atoms with E-state index < -0.39 is 0 Å². The number of hydrogen-bond acceptors (Lipinski definition) is 4. The van der Waals surface area contributed by atoms with E-state index in [1.807, 2.05) is 24.3 Å². The maximum atomic E-state index is 12.8. The molecule has 30 heavy (non-hydrogen) atoms. The highest BCUT2D eigenvalue weighted by Gasteiger charge is 2.54. The molecule has 5 atom stereocenters. The molecule has 1 aromatic heterocycles. The molecule has 3 aliphatic carbocycles. The number of aryl methyl sites for hydroxylation is 1. The predicted octanol–water partition coefficient (Wildman–Crippen LogP) is 4.01. The lowest BCUT2D eigenvalue weighted by atomic mass is 9.79. The first-order valence-corrected chi connectivity index (χ1v) is 11.0. The molecule has 1 aromatic carbocycles. The van der Waals surface area contributed by atoms with Crippen LogP contribution in [0.2, 0.25) is 0 Å². The number of amides is 1. The zero-order valence-corrected chi connectivity index (χ0v) is 17.5. The molecule has 5 rings (SSSR count). The molecular weight excluding hydrogens is 380 g/mol. The van der Waals surface area contributed by atoms with Crippen molar-refractivity contribution in [3.8, 4) is 0 Å². The summed E-state index contributed by atoms with van der Waals surface area (Å²) in [5.74, 6) is 3.26. The lowest BCUT2D eigenvalue weighted by molar-refractivity contribution is -0.386. The Morgan fingerprint density at radius 3 is 2.60 bits per heavy atom. The summed E-state index contributed by atoms with van der Waals surface area (Å²) in [7, 11) is 0. The highest BCUT2D eigenvalue weighted by Crippen LogP contribution is 2.58. The number of fused-ring (bicyclic) bond motifs is 5. The van der Waals surface area contributed by atoms with Gasteiger partial charge in [0.2, 0.25) is 0 Å². The number of nitro groups is 1. The van der Waals surface area contributed by atoms with E-state index in [1.54, 1.807) is 18.5 Å². The SMILES string of the molecule is Cc1nn(Cc2ccc(C(=O)NC3CC4CC3C3CCCC43)cc2)c(C)c1[N+](=O)[O-]. The lowest BCUT2D eigenvalue weighted by Gasteiger charge is -2.32. The fourth-order valence-electron chi connectivity index (χ4n) is 6.53. The van der Waals surface area contributed by atoms with E-state index >= 15 is 0 Å². The van der Waals surface area contributed by atoms with Crippen LogP contribution in [-0.2, 0) is 6.54 Å². The van der Waals surface area contributed by atoms with Gasteiger partial charge in [0.25, 0.3) is 5.91 Å². The van der Waals surface area contributed by atoms with Crippen LogP contribution >= 0.6 is 0 Å². The summed E-state index contributed by atoms with van der Waals surface area (Å²) in [6.07, 6.45) is 6.55. The van der Waals surface area contributed by atoms with E-state index in [9.17, 15) is 14.9 Å². The summed E-state index contributed by atoms with van der Waals surface area (Å²) in [4.78, 5) is 23.6. The minimum atomic E-state index is -0.384. The van der Waals surface area contributed by atoms with Crippen molar-refractivity contribution in [2.75, 3.05) is 0 Å². The number of nitrogens with one attached hydrogen (secondary N) is 1. The minimum Gasteiger partial charge on any atom is -0.349 e. The van der Waals surface area contributed by atoms with Crippen molar-refractivity contribution in [2.24, 2.45) is 23.7 Å². The van der Waals surface area contributed by atoms with Crippen molar-refractivity contribution in [1.29, 1.82) is 0 Å². The predicted molar refractivity (Wildman–Crippen MR) is 112 cm³/mol. The van der Waals surface area contributed by atoms with E-state index in [2.05, 4.69) is 10.4 Å². The molecule has 7 nitrogen and oxygen atoms in total. The van der Waals surface area contributed by atoms with Crippen molar-refractivity contribution in [1.82, 2.24) is 15.1 Å². The molecule has 2 aromatic rings. The van der Waals surface area contributed by atoms with E-state index in [4.69, 9.17) is 0 Å². The van der Waals surface area contributed by atoms with Crippen LogP contribution in [0.5, 0.6) is 0 Å². The number of carbonyl (C=O) groups is 1. The van der Waals surface area contributed by atoms with E-state index in [0.29, 0.717) is 35.5 Å². The first-order chi connectivity index (χ1) is 14.4. The molecule has 3 fully saturated rings. The quantitative estimate of drug-likeness (QED) is 0.598. The summed E-state index contributed by atoms with van der Waals surface area (Å²) in [6, 6.07) is 7.83. The molecule has 158 valence electrons. The third-order valence-electron chi connectivity index (χ3n) is 7.82. The van der Waals surface area contributed by atoms with Crippen LogP contribution < -0.4 is 5.32 Å². The molecule has 7 heteroatoms. The second-order valence-electron chi connectivity index (χ2n) is 9.37. The van der Waals surface area contributed by atoms with Crippen LogP contribution in [0.1, 0.15) is 59.4 Å². The maximum absolute atomic E-state index is 12.8. The van der Waals surface area contributed by atoms with Crippen molar-refractivity contribution in [2.45, 2.75) is 58.5 Å². The van der Waals surface area contributed by atoms with Crippen LogP contribution in [0.15, 0.2) is 24.3 Å². The smallest absolute Gasteiger partial charge is 0.312 e. The topological polar surface area (TPSA) is 90.1 Å². The second kappa shape index (κ2) is 7.22. The Bertz CT molecular complexity index is 997. The molecule has 3 saturated carbocycles. The molecule has 0 saturated heterocycles. The number of benzene rings is 1. The molecule has 3 aliphatic rings. The number of carbonyl (C=O) groups excluding carboxylic acids is 1. The summed E-state index contributed by atoms with van der Waals surface area (Å²) in [5.41, 5.74) is 2.66. The Hall–Kier alpha value is -2.70. The van der Waals surface area contributed by atoms with Crippen molar-refractivity contribution in [3.05, 3.63) is 56.9 Å².